The number of benzene rings is 1. The predicted molar refractivity (Wildman–Crippen MR) is 114 cm³/mol. The Bertz CT molecular complexity index is 1170. The van der Waals surface area contributed by atoms with Gasteiger partial charge in [-0.05, 0) is 48.9 Å². The van der Waals surface area contributed by atoms with Crippen LogP contribution in [0.3, 0.4) is 0 Å². The molecule has 3 aromatic heterocycles. The Hall–Kier alpha value is -2.71. The van der Waals surface area contributed by atoms with Crippen molar-refractivity contribution in [3.63, 3.8) is 0 Å². The van der Waals surface area contributed by atoms with Crippen LogP contribution in [0.2, 0.25) is 5.02 Å². The maximum atomic E-state index is 6.28. The Labute approximate surface area is 176 Å². The zero-order valence-corrected chi connectivity index (χ0v) is 17.4. The van der Waals surface area contributed by atoms with Gasteiger partial charge >= 0.3 is 0 Å². The van der Waals surface area contributed by atoms with Crippen molar-refractivity contribution in [2.24, 2.45) is 0 Å². The second kappa shape index (κ2) is 7.61. The minimum atomic E-state index is 0.517. The number of methoxy groups -OCH3 is 1. The van der Waals surface area contributed by atoms with Crippen LogP contribution in [-0.4, -0.2) is 31.8 Å². The fraction of sp³-hybridized carbons (Fsp3) is 0.300. The molecule has 1 aromatic carbocycles. The summed E-state index contributed by atoms with van der Waals surface area (Å²) in [5.74, 6) is 2.01. The van der Waals surface area contributed by atoms with Gasteiger partial charge in [-0.25, -0.2) is 4.98 Å². The zero-order chi connectivity index (χ0) is 19.8. The smallest absolute Gasteiger partial charge is 0.255 e. The summed E-state index contributed by atoms with van der Waals surface area (Å²) in [6.07, 6.45) is 7.72. The van der Waals surface area contributed by atoms with Gasteiger partial charge in [0.05, 0.1) is 17.5 Å². The molecule has 0 atom stereocenters. The number of halogens is 1. The number of aryl methyl sites for hydroxylation is 2. The van der Waals surface area contributed by atoms with Gasteiger partial charge in [-0.1, -0.05) is 17.7 Å². The molecule has 0 saturated carbocycles. The van der Waals surface area contributed by atoms with Gasteiger partial charge in [0.1, 0.15) is 29.1 Å². The van der Waals surface area contributed by atoms with Crippen molar-refractivity contribution < 1.29 is 4.74 Å². The molecule has 29 heavy (non-hydrogen) atoms. The summed E-state index contributed by atoms with van der Waals surface area (Å²) >= 11 is 8.05. The number of thiophene rings is 1. The highest BCUT2D eigenvalue weighted by molar-refractivity contribution is 7.19. The molecule has 0 aliphatic heterocycles. The van der Waals surface area contributed by atoms with E-state index in [1.54, 1.807) is 29.5 Å². The largest absolute Gasteiger partial charge is 0.495 e. The first kappa shape index (κ1) is 18.3. The molecular formula is C20H19ClN6OS. The molecule has 3 heterocycles. The molecule has 0 fully saturated rings. The Morgan fingerprint density at radius 3 is 2.93 bits per heavy atom. The summed E-state index contributed by atoms with van der Waals surface area (Å²) in [6, 6.07) is 5.78. The Balaban J connectivity index is 1.55. The number of aromatic nitrogens is 5. The Morgan fingerprint density at radius 1 is 1.24 bits per heavy atom. The minimum Gasteiger partial charge on any atom is -0.495 e. The second-order valence-electron chi connectivity index (χ2n) is 6.93. The summed E-state index contributed by atoms with van der Waals surface area (Å²) in [6.45, 7) is 0.594. The molecule has 7 nitrogen and oxygen atoms in total. The Kier molecular flexibility index (Phi) is 4.81. The van der Waals surface area contributed by atoms with E-state index in [0.717, 1.165) is 34.4 Å². The third-order valence-corrected chi connectivity index (χ3v) is 6.58. The van der Waals surface area contributed by atoms with Crippen LogP contribution >= 0.6 is 22.9 Å². The van der Waals surface area contributed by atoms with E-state index in [9.17, 15) is 0 Å². The van der Waals surface area contributed by atoms with E-state index < -0.39 is 0 Å². The highest BCUT2D eigenvalue weighted by atomic mass is 35.5. The van der Waals surface area contributed by atoms with Crippen molar-refractivity contribution in [1.29, 1.82) is 0 Å². The third-order valence-electron chi connectivity index (χ3n) is 5.10. The van der Waals surface area contributed by atoms with E-state index in [0.29, 0.717) is 23.3 Å². The van der Waals surface area contributed by atoms with Gasteiger partial charge in [0.2, 0.25) is 0 Å². The van der Waals surface area contributed by atoms with Crippen LogP contribution in [0.4, 0.5) is 5.82 Å². The van der Waals surface area contributed by atoms with Crippen molar-refractivity contribution in [3.05, 3.63) is 51.9 Å². The van der Waals surface area contributed by atoms with Crippen molar-refractivity contribution in [1.82, 2.24) is 24.7 Å². The molecule has 0 radical (unpaired) electrons. The minimum absolute atomic E-state index is 0.517. The summed E-state index contributed by atoms with van der Waals surface area (Å²) in [5, 5.41) is 9.42. The molecule has 0 saturated heterocycles. The number of hydrogen-bond acceptors (Lipinski definition) is 7. The quantitative estimate of drug-likeness (QED) is 0.508. The first-order valence-corrected chi connectivity index (χ1v) is 10.7. The number of anilines is 1. The summed E-state index contributed by atoms with van der Waals surface area (Å²) in [7, 11) is 1.61. The fourth-order valence-corrected chi connectivity index (χ4v) is 5.23. The highest BCUT2D eigenvalue weighted by Gasteiger charge is 2.21. The molecule has 4 aromatic rings. The van der Waals surface area contributed by atoms with E-state index in [1.807, 2.05) is 18.2 Å². The van der Waals surface area contributed by atoms with Crippen LogP contribution in [0.25, 0.3) is 16.2 Å². The van der Waals surface area contributed by atoms with Gasteiger partial charge in [0.25, 0.3) is 5.95 Å². The number of nitrogens with one attached hydrogen (secondary N) is 1. The molecule has 0 bridgehead atoms. The van der Waals surface area contributed by atoms with Crippen LogP contribution in [-0.2, 0) is 19.4 Å². The van der Waals surface area contributed by atoms with E-state index >= 15 is 0 Å². The van der Waals surface area contributed by atoms with Crippen molar-refractivity contribution in [3.8, 4) is 11.7 Å². The van der Waals surface area contributed by atoms with Crippen LogP contribution in [0.5, 0.6) is 5.75 Å². The second-order valence-corrected chi connectivity index (χ2v) is 8.42. The maximum absolute atomic E-state index is 6.28. The maximum Gasteiger partial charge on any atom is 0.255 e. The lowest BCUT2D eigenvalue weighted by Crippen LogP contribution is -2.08. The van der Waals surface area contributed by atoms with E-state index in [1.165, 1.54) is 29.6 Å². The van der Waals surface area contributed by atoms with Crippen LogP contribution in [0.1, 0.15) is 28.8 Å². The molecular weight excluding hydrogens is 408 g/mol. The fourth-order valence-electron chi connectivity index (χ4n) is 3.69. The number of nitrogens with zero attached hydrogens (tertiary/aromatic N) is 5. The molecule has 0 amide bonds. The average molecular weight is 427 g/mol. The van der Waals surface area contributed by atoms with Crippen molar-refractivity contribution in [2.75, 3.05) is 12.4 Å². The lowest BCUT2D eigenvalue weighted by atomic mass is 9.97. The first-order valence-electron chi connectivity index (χ1n) is 9.46. The van der Waals surface area contributed by atoms with Crippen molar-refractivity contribution >= 4 is 39.0 Å². The summed E-state index contributed by atoms with van der Waals surface area (Å²) in [4.78, 5) is 16.0. The first-order chi connectivity index (χ1) is 14.2. The van der Waals surface area contributed by atoms with Gasteiger partial charge in [-0.3, -0.25) is 0 Å². The zero-order valence-electron chi connectivity index (χ0n) is 15.9. The van der Waals surface area contributed by atoms with E-state index in [2.05, 4.69) is 15.4 Å². The molecule has 5 rings (SSSR count). The summed E-state index contributed by atoms with van der Waals surface area (Å²) < 4.78 is 6.83. The van der Waals surface area contributed by atoms with Crippen LogP contribution in [0.15, 0.2) is 30.9 Å². The monoisotopic (exact) mass is 426 g/mol. The van der Waals surface area contributed by atoms with Gasteiger partial charge < -0.3 is 10.1 Å². The highest BCUT2D eigenvalue weighted by Crippen LogP contribution is 2.39. The van der Waals surface area contributed by atoms with Gasteiger partial charge in [0.15, 0.2) is 0 Å². The lowest BCUT2D eigenvalue weighted by Gasteiger charge is -2.13. The van der Waals surface area contributed by atoms with Crippen LogP contribution < -0.4 is 10.1 Å². The Morgan fingerprint density at radius 2 is 2.14 bits per heavy atom. The molecule has 0 spiro atoms. The van der Waals surface area contributed by atoms with E-state index in [4.69, 9.17) is 26.3 Å². The SMILES string of the molecule is COc1ccc(CNc2nc(-n3cncn3)nc3sc4c(c23)CCCC4)cc1Cl. The average Bonchev–Trinajstić information content (AvgIpc) is 3.39. The molecule has 1 N–H and O–H groups in total. The molecule has 1 aliphatic carbocycles. The third kappa shape index (κ3) is 3.42. The van der Waals surface area contributed by atoms with Gasteiger partial charge in [-0.15, -0.1) is 11.3 Å². The summed E-state index contributed by atoms with van der Waals surface area (Å²) in [5.41, 5.74) is 2.44. The van der Waals surface area contributed by atoms with Gasteiger partial charge in [-0.2, -0.15) is 19.7 Å². The molecule has 148 valence electrons. The molecule has 9 heteroatoms. The number of hydrogen-bond donors (Lipinski definition) is 1. The standard InChI is InChI=1S/C20H19ClN6OS/c1-28-15-7-6-12(8-14(15)21)9-23-18-17-13-4-2-3-5-16(13)29-19(17)26-20(25-18)27-11-22-10-24-27/h6-8,10-11H,2-5,9H2,1H3,(H,23,25,26). The molecule has 1 aliphatic rings. The van der Waals surface area contributed by atoms with E-state index in [-0.39, 0.29) is 0 Å². The number of ether oxygens (including phenoxy) is 1. The number of fused-ring (bicyclic) bond motifs is 3. The molecule has 0 unspecified atom stereocenters. The van der Waals surface area contributed by atoms with Crippen LogP contribution in [0, 0.1) is 0 Å². The number of rotatable bonds is 5. The predicted octanol–water partition coefficient (Wildman–Crippen LogP) is 4.42. The van der Waals surface area contributed by atoms with Gasteiger partial charge in [0, 0.05) is 11.4 Å². The topological polar surface area (TPSA) is 77.8 Å². The van der Waals surface area contributed by atoms with Crippen molar-refractivity contribution in [2.45, 2.75) is 32.2 Å². The lowest BCUT2D eigenvalue weighted by molar-refractivity contribution is 0.415. The normalized spacial score (nSPS) is 13.4.